The third kappa shape index (κ3) is 3.46. The molecule has 4 heterocycles. The lowest BCUT2D eigenvalue weighted by atomic mass is 10.0. The summed E-state index contributed by atoms with van der Waals surface area (Å²) in [5, 5.41) is 5.64. The van der Waals surface area contributed by atoms with E-state index >= 15 is 0 Å². The quantitative estimate of drug-likeness (QED) is 0.504. The zero-order valence-electron chi connectivity index (χ0n) is 17.7. The van der Waals surface area contributed by atoms with Gasteiger partial charge in [0.05, 0.1) is 24.6 Å². The Labute approximate surface area is 189 Å². The van der Waals surface area contributed by atoms with Crippen molar-refractivity contribution in [1.29, 1.82) is 0 Å². The van der Waals surface area contributed by atoms with Crippen LogP contribution in [0.2, 0.25) is 0 Å². The van der Waals surface area contributed by atoms with Crippen molar-refractivity contribution in [2.45, 2.75) is 6.54 Å². The van der Waals surface area contributed by atoms with Crippen LogP contribution in [0.15, 0.2) is 54.9 Å². The molecule has 2 aromatic heterocycles. The molecule has 0 aliphatic carbocycles. The summed E-state index contributed by atoms with van der Waals surface area (Å²) in [7, 11) is 0. The Morgan fingerprint density at radius 1 is 1.03 bits per heavy atom. The van der Waals surface area contributed by atoms with E-state index in [1.165, 1.54) is 12.1 Å². The van der Waals surface area contributed by atoms with Gasteiger partial charge in [0, 0.05) is 48.8 Å². The molecule has 9 heteroatoms. The summed E-state index contributed by atoms with van der Waals surface area (Å²) in [4.78, 5) is 23.5. The normalized spacial score (nSPS) is 15.8. The molecule has 0 spiro atoms. The highest BCUT2D eigenvalue weighted by Gasteiger charge is 2.23. The summed E-state index contributed by atoms with van der Waals surface area (Å²) in [6, 6.07) is 12.1. The maximum Gasteiger partial charge on any atom is 0.319 e. The molecule has 33 heavy (non-hydrogen) atoms. The number of ether oxygens (including phenoxy) is 1. The zero-order valence-corrected chi connectivity index (χ0v) is 17.7. The number of carbonyl (C=O) groups is 1. The Kier molecular flexibility index (Phi) is 4.69. The Morgan fingerprint density at radius 3 is 2.64 bits per heavy atom. The fraction of sp³-hybridized carbons (Fsp3) is 0.208. The molecule has 8 nitrogen and oxygen atoms in total. The van der Waals surface area contributed by atoms with Gasteiger partial charge in [-0.2, -0.15) is 0 Å². The summed E-state index contributed by atoms with van der Waals surface area (Å²) in [5.41, 5.74) is 5.88. The van der Waals surface area contributed by atoms with Gasteiger partial charge < -0.3 is 20.3 Å². The molecule has 1 saturated heterocycles. The fourth-order valence-corrected chi connectivity index (χ4v) is 4.40. The van der Waals surface area contributed by atoms with Gasteiger partial charge in [-0.1, -0.05) is 6.07 Å². The number of imidazole rings is 1. The summed E-state index contributed by atoms with van der Waals surface area (Å²) in [6.45, 7) is 3.21. The average Bonchev–Trinajstić information content (AvgIpc) is 3.24. The van der Waals surface area contributed by atoms with Crippen molar-refractivity contribution in [2.75, 3.05) is 36.5 Å². The number of fused-ring (bicyclic) bond motifs is 2. The Balaban J connectivity index is 1.57. The number of amides is 2. The first-order chi connectivity index (χ1) is 16.2. The van der Waals surface area contributed by atoms with E-state index in [1.54, 1.807) is 18.3 Å². The van der Waals surface area contributed by atoms with Gasteiger partial charge in [-0.3, -0.25) is 4.40 Å². The number of halogens is 1. The predicted octanol–water partition coefficient (Wildman–Crippen LogP) is 3.67. The average molecular weight is 444 g/mol. The van der Waals surface area contributed by atoms with Crippen LogP contribution in [0.4, 0.5) is 20.7 Å². The first kappa shape index (κ1) is 19.7. The van der Waals surface area contributed by atoms with E-state index in [4.69, 9.17) is 9.72 Å². The molecule has 0 saturated carbocycles. The highest BCUT2D eigenvalue weighted by molar-refractivity contribution is 5.93. The lowest BCUT2D eigenvalue weighted by Crippen LogP contribution is -2.37. The Bertz CT molecular complexity index is 1360. The Morgan fingerprint density at radius 2 is 1.82 bits per heavy atom. The van der Waals surface area contributed by atoms with Gasteiger partial charge in [0.15, 0.2) is 11.5 Å². The number of urea groups is 1. The van der Waals surface area contributed by atoms with E-state index in [2.05, 4.69) is 20.5 Å². The number of aromatic nitrogens is 3. The fourth-order valence-electron chi connectivity index (χ4n) is 4.40. The van der Waals surface area contributed by atoms with E-state index in [0.29, 0.717) is 19.8 Å². The molecule has 6 rings (SSSR count). The van der Waals surface area contributed by atoms with Gasteiger partial charge >= 0.3 is 6.03 Å². The van der Waals surface area contributed by atoms with E-state index < -0.39 is 0 Å². The third-order valence-electron chi connectivity index (χ3n) is 6.02. The number of anilines is 2. The second-order valence-corrected chi connectivity index (χ2v) is 8.04. The number of nitrogens with zero attached hydrogens (tertiary/aromatic N) is 4. The number of carbonyl (C=O) groups excluding carboxylic acids is 1. The summed E-state index contributed by atoms with van der Waals surface area (Å²) >= 11 is 0. The molecule has 0 bridgehead atoms. The first-order valence-electron chi connectivity index (χ1n) is 10.8. The van der Waals surface area contributed by atoms with E-state index in [9.17, 15) is 9.18 Å². The van der Waals surface area contributed by atoms with Crippen molar-refractivity contribution in [2.24, 2.45) is 0 Å². The van der Waals surface area contributed by atoms with Crippen molar-refractivity contribution in [1.82, 2.24) is 19.7 Å². The number of nitrogens with one attached hydrogen (secondary N) is 2. The molecule has 2 N–H and O–H groups in total. The van der Waals surface area contributed by atoms with Crippen molar-refractivity contribution in [3.63, 3.8) is 0 Å². The molecule has 166 valence electrons. The van der Waals surface area contributed by atoms with Crippen LogP contribution >= 0.6 is 0 Å². The number of hydrogen-bond donors (Lipinski definition) is 2. The van der Waals surface area contributed by atoms with Crippen LogP contribution < -0.4 is 15.5 Å². The van der Waals surface area contributed by atoms with Gasteiger partial charge in [0.2, 0.25) is 0 Å². The van der Waals surface area contributed by atoms with Crippen LogP contribution in [0.3, 0.4) is 0 Å². The summed E-state index contributed by atoms with van der Waals surface area (Å²) < 4.78 is 21.2. The van der Waals surface area contributed by atoms with Crippen LogP contribution in [0, 0.1) is 5.82 Å². The molecule has 0 atom stereocenters. The summed E-state index contributed by atoms with van der Waals surface area (Å²) in [6.07, 6.45) is 3.67. The highest BCUT2D eigenvalue weighted by atomic mass is 19.1. The minimum atomic E-state index is -0.296. The standard InChI is InChI=1S/C24H21FN6O2/c25-18-4-1-15(2-5-18)20-21(16-3-6-19-17(13-16)14-27-24(32)28-19)31-8-7-26-22(23(31)29-20)30-9-11-33-12-10-30/h1-8,13H,9-12,14H2,(H2,27,28,32). The van der Waals surface area contributed by atoms with Crippen molar-refractivity contribution in [3.05, 3.63) is 66.2 Å². The van der Waals surface area contributed by atoms with Crippen LogP contribution in [-0.4, -0.2) is 46.7 Å². The van der Waals surface area contributed by atoms with E-state index in [0.717, 1.165) is 58.3 Å². The van der Waals surface area contributed by atoms with Gasteiger partial charge in [-0.15, -0.1) is 0 Å². The van der Waals surface area contributed by atoms with Gasteiger partial charge in [-0.25, -0.2) is 19.2 Å². The summed E-state index contributed by atoms with van der Waals surface area (Å²) in [5.74, 6) is 0.498. The molecular weight excluding hydrogens is 423 g/mol. The van der Waals surface area contributed by atoms with Gasteiger partial charge in [-0.05, 0) is 42.0 Å². The SMILES string of the molecule is O=C1NCc2cc(-c3c(-c4ccc(F)cc4)nc4c(N5CCOCC5)nccn34)ccc2N1. The Hall–Kier alpha value is -3.98. The van der Waals surface area contributed by atoms with Crippen molar-refractivity contribution < 1.29 is 13.9 Å². The third-order valence-corrected chi connectivity index (χ3v) is 6.02. The van der Waals surface area contributed by atoms with Crippen LogP contribution in [0.1, 0.15) is 5.56 Å². The molecule has 2 aliphatic rings. The van der Waals surface area contributed by atoms with Gasteiger partial charge in [0.25, 0.3) is 0 Å². The van der Waals surface area contributed by atoms with Crippen molar-refractivity contribution >= 4 is 23.2 Å². The van der Waals surface area contributed by atoms with E-state index in [-0.39, 0.29) is 11.8 Å². The molecule has 2 amide bonds. The number of morpholine rings is 1. The monoisotopic (exact) mass is 444 g/mol. The lowest BCUT2D eigenvalue weighted by molar-refractivity contribution is 0.122. The van der Waals surface area contributed by atoms with Gasteiger partial charge in [0.1, 0.15) is 5.82 Å². The lowest BCUT2D eigenvalue weighted by Gasteiger charge is -2.27. The molecule has 2 aliphatic heterocycles. The second kappa shape index (κ2) is 7.86. The van der Waals surface area contributed by atoms with Crippen LogP contribution in [-0.2, 0) is 11.3 Å². The molecule has 0 radical (unpaired) electrons. The highest BCUT2D eigenvalue weighted by Crippen LogP contribution is 2.37. The zero-order chi connectivity index (χ0) is 22.4. The molecule has 0 unspecified atom stereocenters. The molecule has 1 fully saturated rings. The number of hydrogen-bond acceptors (Lipinski definition) is 5. The minimum absolute atomic E-state index is 0.210. The van der Waals surface area contributed by atoms with E-state index in [1.807, 2.05) is 28.8 Å². The number of benzene rings is 2. The van der Waals surface area contributed by atoms with Crippen LogP contribution in [0.5, 0.6) is 0 Å². The maximum absolute atomic E-state index is 13.7. The second-order valence-electron chi connectivity index (χ2n) is 8.04. The molecule has 2 aromatic carbocycles. The number of rotatable bonds is 3. The van der Waals surface area contributed by atoms with Crippen molar-refractivity contribution in [3.8, 4) is 22.5 Å². The largest absolute Gasteiger partial charge is 0.378 e. The molecule has 4 aromatic rings. The topological polar surface area (TPSA) is 83.8 Å². The minimum Gasteiger partial charge on any atom is -0.378 e. The van der Waals surface area contributed by atoms with Crippen LogP contribution in [0.25, 0.3) is 28.2 Å². The predicted molar refractivity (Wildman–Crippen MR) is 123 cm³/mol. The molecular formula is C24H21FN6O2. The first-order valence-corrected chi connectivity index (χ1v) is 10.8. The smallest absolute Gasteiger partial charge is 0.319 e. The maximum atomic E-state index is 13.7.